The number of nitrogens with zero attached hydrogens (tertiary/aromatic N) is 1. The summed E-state index contributed by atoms with van der Waals surface area (Å²) >= 11 is 0. The summed E-state index contributed by atoms with van der Waals surface area (Å²) in [5, 5.41) is 0. The molecule has 0 aromatic heterocycles. The van der Waals surface area contributed by atoms with Crippen LogP contribution in [0.4, 0.5) is 0 Å². The van der Waals surface area contributed by atoms with Crippen LogP contribution in [-0.2, 0) is 0 Å². The van der Waals surface area contributed by atoms with Crippen molar-refractivity contribution in [3.8, 4) is 0 Å². The lowest BCUT2D eigenvalue weighted by Gasteiger charge is -2.36. The van der Waals surface area contributed by atoms with E-state index in [0.29, 0.717) is 0 Å². The molecule has 1 nitrogen and oxygen atoms in total. The van der Waals surface area contributed by atoms with Crippen LogP contribution in [0.1, 0.15) is 44.9 Å². The van der Waals surface area contributed by atoms with Gasteiger partial charge < -0.3 is 0 Å². The number of hydrogen-bond donors (Lipinski definition) is 0. The zero-order valence-corrected chi connectivity index (χ0v) is 8.05. The lowest BCUT2D eigenvalue weighted by Crippen LogP contribution is -2.31. The van der Waals surface area contributed by atoms with Crippen LogP contribution in [-0.4, -0.2) is 12.8 Å². The molecule has 2 aliphatic carbocycles. The Bertz CT molecular complexity index is 181. The van der Waals surface area contributed by atoms with E-state index in [1.54, 1.807) is 0 Å². The van der Waals surface area contributed by atoms with E-state index < -0.39 is 0 Å². The highest BCUT2D eigenvalue weighted by molar-refractivity contribution is 5.87. The van der Waals surface area contributed by atoms with Crippen molar-refractivity contribution in [1.29, 1.82) is 0 Å². The van der Waals surface area contributed by atoms with Gasteiger partial charge in [-0.05, 0) is 43.9 Å². The van der Waals surface area contributed by atoms with Gasteiger partial charge in [-0.3, -0.25) is 4.99 Å². The van der Waals surface area contributed by atoms with Crippen molar-refractivity contribution in [2.75, 3.05) is 7.05 Å². The maximum atomic E-state index is 4.45. The lowest BCUT2D eigenvalue weighted by molar-refractivity contribution is 0.261. The molecule has 2 fully saturated rings. The van der Waals surface area contributed by atoms with Crippen molar-refractivity contribution in [2.24, 2.45) is 16.8 Å². The topological polar surface area (TPSA) is 12.4 Å². The van der Waals surface area contributed by atoms with Crippen LogP contribution in [0, 0.1) is 11.8 Å². The molecule has 0 aromatic rings. The summed E-state index contributed by atoms with van der Waals surface area (Å²) < 4.78 is 0. The molecule has 0 saturated heterocycles. The number of fused-ring (bicyclic) bond motifs is 1. The van der Waals surface area contributed by atoms with Gasteiger partial charge in [0.25, 0.3) is 0 Å². The number of hydrogen-bond acceptors (Lipinski definition) is 1. The molecule has 0 radical (unpaired) electrons. The molecule has 2 aliphatic rings. The molecule has 0 N–H and O–H groups in total. The van der Waals surface area contributed by atoms with Gasteiger partial charge in [0.2, 0.25) is 0 Å². The molecule has 0 bridgehead atoms. The highest BCUT2D eigenvalue weighted by atomic mass is 14.7. The first-order valence-corrected chi connectivity index (χ1v) is 5.37. The molecule has 0 spiro atoms. The van der Waals surface area contributed by atoms with E-state index in [-0.39, 0.29) is 0 Å². The second-order valence-corrected chi connectivity index (χ2v) is 4.26. The predicted octanol–water partition coefficient (Wildman–Crippen LogP) is 3.05. The quantitative estimate of drug-likeness (QED) is 0.523. The third-order valence-electron chi connectivity index (χ3n) is 3.63. The third-order valence-corrected chi connectivity index (χ3v) is 3.63. The van der Waals surface area contributed by atoms with Gasteiger partial charge in [0.15, 0.2) is 0 Å². The van der Waals surface area contributed by atoms with Crippen molar-refractivity contribution in [3.63, 3.8) is 0 Å². The summed E-state index contributed by atoms with van der Waals surface area (Å²) in [6.45, 7) is 0. The minimum Gasteiger partial charge on any atom is -0.297 e. The monoisotopic (exact) mass is 165 g/mol. The lowest BCUT2D eigenvalue weighted by atomic mass is 9.70. The second kappa shape index (κ2) is 3.59. The first-order chi connectivity index (χ1) is 5.92. The van der Waals surface area contributed by atoms with Gasteiger partial charge in [-0.15, -0.1) is 0 Å². The van der Waals surface area contributed by atoms with E-state index in [1.807, 2.05) is 7.05 Å². The van der Waals surface area contributed by atoms with E-state index in [0.717, 1.165) is 11.8 Å². The molecule has 0 aromatic carbocycles. The molecular weight excluding hydrogens is 146 g/mol. The van der Waals surface area contributed by atoms with Gasteiger partial charge >= 0.3 is 0 Å². The Kier molecular flexibility index (Phi) is 2.48. The molecule has 2 saturated carbocycles. The minimum atomic E-state index is 0.887. The van der Waals surface area contributed by atoms with Crippen molar-refractivity contribution in [2.45, 2.75) is 44.9 Å². The molecule has 12 heavy (non-hydrogen) atoms. The molecule has 68 valence electrons. The fourth-order valence-corrected chi connectivity index (χ4v) is 3.00. The molecule has 2 atom stereocenters. The highest BCUT2D eigenvalue weighted by Crippen LogP contribution is 2.38. The van der Waals surface area contributed by atoms with Crippen molar-refractivity contribution < 1.29 is 0 Å². The van der Waals surface area contributed by atoms with E-state index >= 15 is 0 Å². The van der Waals surface area contributed by atoms with Gasteiger partial charge in [-0.1, -0.05) is 12.8 Å². The number of rotatable bonds is 0. The Balaban J connectivity index is 2.09. The SMILES string of the molecule is CN=C1CCCC2CCCCC12. The van der Waals surface area contributed by atoms with Crippen LogP contribution in [0.25, 0.3) is 0 Å². The van der Waals surface area contributed by atoms with Gasteiger partial charge in [0.05, 0.1) is 0 Å². The summed E-state index contributed by atoms with van der Waals surface area (Å²) in [4.78, 5) is 4.45. The van der Waals surface area contributed by atoms with Crippen LogP contribution in [0.15, 0.2) is 4.99 Å². The van der Waals surface area contributed by atoms with Crippen LogP contribution in [0.3, 0.4) is 0 Å². The summed E-state index contributed by atoms with van der Waals surface area (Å²) in [6, 6.07) is 0. The Labute approximate surface area is 75.3 Å². The normalized spacial score (nSPS) is 39.6. The average molecular weight is 165 g/mol. The largest absolute Gasteiger partial charge is 0.297 e. The summed E-state index contributed by atoms with van der Waals surface area (Å²) in [6.07, 6.45) is 9.98. The number of aliphatic imine (C=N–C) groups is 1. The highest BCUT2D eigenvalue weighted by Gasteiger charge is 2.31. The molecule has 0 heterocycles. The molecular formula is C11H19N. The second-order valence-electron chi connectivity index (χ2n) is 4.26. The Hall–Kier alpha value is -0.330. The molecule has 0 amide bonds. The zero-order valence-electron chi connectivity index (χ0n) is 8.05. The van der Waals surface area contributed by atoms with E-state index in [4.69, 9.17) is 0 Å². The molecule has 1 heteroatoms. The van der Waals surface area contributed by atoms with Gasteiger partial charge in [-0.2, -0.15) is 0 Å². The van der Waals surface area contributed by atoms with Crippen molar-refractivity contribution in [1.82, 2.24) is 0 Å². The van der Waals surface area contributed by atoms with Crippen LogP contribution in [0.2, 0.25) is 0 Å². The standard InChI is InChI=1S/C11H19N/c1-12-11-8-4-6-9-5-2-3-7-10(9)11/h9-10H,2-8H2,1H3. The Morgan fingerprint density at radius 1 is 1.08 bits per heavy atom. The maximum absolute atomic E-state index is 4.45. The Morgan fingerprint density at radius 2 is 1.83 bits per heavy atom. The van der Waals surface area contributed by atoms with E-state index in [9.17, 15) is 0 Å². The summed E-state index contributed by atoms with van der Waals surface area (Å²) in [5.74, 6) is 1.89. The Morgan fingerprint density at radius 3 is 2.67 bits per heavy atom. The van der Waals surface area contributed by atoms with E-state index in [1.165, 1.54) is 50.7 Å². The zero-order chi connectivity index (χ0) is 8.39. The minimum absolute atomic E-state index is 0.887. The molecule has 2 rings (SSSR count). The van der Waals surface area contributed by atoms with Gasteiger partial charge in [0, 0.05) is 12.8 Å². The molecule has 2 unspecified atom stereocenters. The third kappa shape index (κ3) is 1.41. The van der Waals surface area contributed by atoms with Crippen molar-refractivity contribution in [3.05, 3.63) is 0 Å². The first-order valence-electron chi connectivity index (χ1n) is 5.37. The summed E-state index contributed by atoms with van der Waals surface area (Å²) in [7, 11) is 1.98. The van der Waals surface area contributed by atoms with Gasteiger partial charge in [-0.25, -0.2) is 0 Å². The average Bonchev–Trinajstić information content (AvgIpc) is 2.17. The predicted molar refractivity (Wildman–Crippen MR) is 52.7 cm³/mol. The van der Waals surface area contributed by atoms with Crippen LogP contribution in [0.5, 0.6) is 0 Å². The van der Waals surface area contributed by atoms with Gasteiger partial charge in [0.1, 0.15) is 0 Å². The maximum Gasteiger partial charge on any atom is 0.0276 e. The van der Waals surface area contributed by atoms with Crippen LogP contribution < -0.4 is 0 Å². The summed E-state index contributed by atoms with van der Waals surface area (Å²) in [5.41, 5.74) is 1.53. The molecule has 0 aliphatic heterocycles. The first kappa shape index (κ1) is 8.28. The van der Waals surface area contributed by atoms with Crippen LogP contribution >= 0.6 is 0 Å². The van der Waals surface area contributed by atoms with E-state index in [2.05, 4.69) is 4.99 Å². The fourth-order valence-electron chi connectivity index (χ4n) is 3.00. The van der Waals surface area contributed by atoms with Crippen molar-refractivity contribution >= 4 is 5.71 Å². The smallest absolute Gasteiger partial charge is 0.0276 e. The fraction of sp³-hybridized carbons (Fsp3) is 0.909.